The second-order valence-corrected chi connectivity index (χ2v) is 9.10. The van der Waals surface area contributed by atoms with Crippen molar-refractivity contribution in [3.8, 4) is 5.75 Å². The summed E-state index contributed by atoms with van der Waals surface area (Å²) in [7, 11) is 2.08. The lowest BCUT2D eigenvalue weighted by Gasteiger charge is -2.55. The van der Waals surface area contributed by atoms with Crippen molar-refractivity contribution in [2.45, 2.75) is 30.3 Å². The maximum atomic E-state index is 12.0. The first-order valence-electron chi connectivity index (χ1n) is 9.40. The summed E-state index contributed by atoms with van der Waals surface area (Å²) >= 11 is 3.66. The number of hydrogen-bond donors (Lipinski definition) is 3. The number of aromatic amines is 1. The van der Waals surface area contributed by atoms with Gasteiger partial charge in [0.1, 0.15) is 5.75 Å². The molecule has 0 spiro atoms. The predicted molar refractivity (Wildman–Crippen MR) is 110 cm³/mol. The number of phenols is 1. The fourth-order valence-corrected chi connectivity index (χ4v) is 5.79. The molecule has 2 atom stereocenters. The van der Waals surface area contributed by atoms with Crippen molar-refractivity contribution in [3.63, 3.8) is 0 Å². The number of aliphatic hydroxyl groups is 1. The van der Waals surface area contributed by atoms with E-state index in [4.69, 9.17) is 0 Å². The number of fused-ring (bicyclic) bond motifs is 4. The van der Waals surface area contributed by atoms with Crippen LogP contribution in [0.2, 0.25) is 0 Å². The zero-order valence-electron chi connectivity index (χ0n) is 15.3. The normalized spacial score (nSPS) is 28.1. The Hall–Kier alpha value is -1.82. The van der Waals surface area contributed by atoms with Gasteiger partial charge in [-0.15, -0.1) is 0 Å². The standard InChI is InChI=1S/C22H23BrN2O2/c1-25-9-8-21(14-4-2-5-15(26)10-14)12-19-17(11-22(21,27)13-25)16-6-3-7-18(23)20(16)24-19/h2-7,10,24,26-27H,8-9,11-13H2,1H3. The number of nitrogens with zero attached hydrogens (tertiary/aromatic N) is 1. The summed E-state index contributed by atoms with van der Waals surface area (Å²) < 4.78 is 1.05. The van der Waals surface area contributed by atoms with Gasteiger partial charge in [0, 0.05) is 40.4 Å². The number of aromatic hydroxyl groups is 1. The minimum absolute atomic E-state index is 0.258. The summed E-state index contributed by atoms with van der Waals surface area (Å²) in [6.45, 7) is 1.56. The Morgan fingerprint density at radius 3 is 2.78 bits per heavy atom. The first-order chi connectivity index (χ1) is 12.9. The van der Waals surface area contributed by atoms with Gasteiger partial charge in [-0.25, -0.2) is 0 Å². The Balaban J connectivity index is 1.74. The molecule has 2 heterocycles. The van der Waals surface area contributed by atoms with Gasteiger partial charge in [-0.3, -0.25) is 0 Å². The highest BCUT2D eigenvalue weighted by molar-refractivity contribution is 9.10. The average molecular weight is 427 g/mol. The van der Waals surface area contributed by atoms with E-state index in [1.54, 1.807) is 6.07 Å². The van der Waals surface area contributed by atoms with Crippen molar-refractivity contribution in [2.24, 2.45) is 0 Å². The Kier molecular flexibility index (Phi) is 3.74. The largest absolute Gasteiger partial charge is 0.508 e. The van der Waals surface area contributed by atoms with Gasteiger partial charge in [0.05, 0.1) is 11.1 Å². The van der Waals surface area contributed by atoms with Crippen molar-refractivity contribution in [1.82, 2.24) is 9.88 Å². The third kappa shape index (κ3) is 2.42. The number of hydrogen-bond acceptors (Lipinski definition) is 3. The van der Waals surface area contributed by atoms with Crippen LogP contribution in [-0.4, -0.2) is 45.8 Å². The number of rotatable bonds is 1. The van der Waals surface area contributed by atoms with Crippen molar-refractivity contribution < 1.29 is 10.2 Å². The molecule has 2 unspecified atom stereocenters. The molecule has 27 heavy (non-hydrogen) atoms. The molecular weight excluding hydrogens is 404 g/mol. The molecule has 0 saturated carbocycles. The number of likely N-dealkylation sites (N-methyl/N-ethyl adjacent to an activating group) is 1. The molecule has 1 aliphatic heterocycles. The van der Waals surface area contributed by atoms with E-state index in [1.165, 1.54) is 16.6 Å². The third-order valence-electron chi connectivity index (χ3n) is 6.67. The van der Waals surface area contributed by atoms with Gasteiger partial charge in [0.25, 0.3) is 0 Å². The summed E-state index contributed by atoms with van der Waals surface area (Å²) in [6.07, 6.45) is 2.22. The summed E-state index contributed by atoms with van der Waals surface area (Å²) in [5.41, 5.74) is 3.27. The summed E-state index contributed by atoms with van der Waals surface area (Å²) in [5, 5.41) is 23.3. The van der Waals surface area contributed by atoms with E-state index in [0.29, 0.717) is 13.0 Å². The lowest BCUT2D eigenvalue weighted by Crippen LogP contribution is -2.65. The Morgan fingerprint density at radius 2 is 1.96 bits per heavy atom. The summed E-state index contributed by atoms with van der Waals surface area (Å²) in [4.78, 5) is 5.84. The highest BCUT2D eigenvalue weighted by atomic mass is 79.9. The molecule has 3 aromatic rings. The van der Waals surface area contributed by atoms with Crippen molar-refractivity contribution in [3.05, 3.63) is 63.8 Å². The Labute approximate surface area is 167 Å². The smallest absolute Gasteiger partial charge is 0.115 e. The van der Waals surface area contributed by atoms with Gasteiger partial charge in [-0.05, 0) is 65.3 Å². The lowest BCUT2D eigenvalue weighted by molar-refractivity contribution is -0.0972. The predicted octanol–water partition coefficient (Wildman–Crippen LogP) is 3.74. The van der Waals surface area contributed by atoms with E-state index in [9.17, 15) is 10.2 Å². The second kappa shape index (κ2) is 5.84. The molecule has 0 amide bonds. The van der Waals surface area contributed by atoms with Gasteiger partial charge in [-0.2, -0.15) is 0 Å². The van der Waals surface area contributed by atoms with Gasteiger partial charge in [0.2, 0.25) is 0 Å². The molecule has 5 rings (SSSR count). The van der Waals surface area contributed by atoms with Crippen LogP contribution in [0.3, 0.4) is 0 Å². The quantitative estimate of drug-likeness (QED) is 0.555. The molecule has 0 radical (unpaired) electrons. The molecule has 1 saturated heterocycles. The topological polar surface area (TPSA) is 59.5 Å². The maximum absolute atomic E-state index is 12.0. The van der Waals surface area contributed by atoms with Gasteiger partial charge < -0.3 is 20.1 Å². The summed E-state index contributed by atoms with van der Waals surface area (Å²) in [5.74, 6) is 0.258. The van der Waals surface area contributed by atoms with Gasteiger partial charge in [0.15, 0.2) is 0 Å². The molecule has 4 nitrogen and oxygen atoms in total. The van der Waals surface area contributed by atoms with E-state index < -0.39 is 11.0 Å². The number of halogens is 1. The molecule has 1 fully saturated rings. The SMILES string of the molecule is CN1CCC2(c3cccc(O)c3)Cc3[nH]c4c(Br)cccc4c3CC2(O)C1. The van der Waals surface area contributed by atoms with Crippen LogP contribution >= 0.6 is 15.9 Å². The molecule has 1 aromatic heterocycles. The molecule has 140 valence electrons. The van der Waals surface area contributed by atoms with Crippen LogP contribution in [0.25, 0.3) is 10.9 Å². The maximum Gasteiger partial charge on any atom is 0.115 e. The Morgan fingerprint density at radius 1 is 1.15 bits per heavy atom. The number of H-pyrrole nitrogens is 1. The number of aromatic nitrogens is 1. The van der Waals surface area contributed by atoms with Crippen molar-refractivity contribution in [2.75, 3.05) is 20.1 Å². The van der Waals surface area contributed by atoms with E-state index in [0.717, 1.165) is 34.9 Å². The van der Waals surface area contributed by atoms with Crippen LogP contribution in [0.4, 0.5) is 0 Å². The van der Waals surface area contributed by atoms with E-state index in [2.05, 4.69) is 51.1 Å². The molecule has 5 heteroatoms. The summed E-state index contributed by atoms with van der Waals surface area (Å²) in [6, 6.07) is 13.7. The lowest BCUT2D eigenvalue weighted by atomic mass is 9.56. The van der Waals surface area contributed by atoms with Gasteiger partial charge >= 0.3 is 0 Å². The first kappa shape index (κ1) is 17.3. The molecular formula is C22H23BrN2O2. The minimum Gasteiger partial charge on any atom is -0.508 e. The number of β-amino-alcohol motifs (C(OH)–C–C–N with tert-alkyl or cyclic N) is 1. The van der Waals surface area contributed by atoms with Crippen LogP contribution in [0.15, 0.2) is 46.9 Å². The van der Waals surface area contributed by atoms with Crippen LogP contribution in [0, 0.1) is 0 Å². The molecule has 2 aromatic carbocycles. The molecule has 0 bridgehead atoms. The number of para-hydroxylation sites is 1. The zero-order chi connectivity index (χ0) is 18.8. The highest BCUT2D eigenvalue weighted by Gasteiger charge is 2.57. The van der Waals surface area contributed by atoms with Crippen molar-refractivity contribution >= 4 is 26.8 Å². The first-order valence-corrected chi connectivity index (χ1v) is 10.2. The number of likely N-dealkylation sites (tertiary alicyclic amines) is 1. The number of benzene rings is 2. The minimum atomic E-state index is -0.877. The zero-order valence-corrected chi connectivity index (χ0v) is 16.9. The number of phenolic OH excluding ortho intramolecular Hbond substituents is 1. The van der Waals surface area contributed by atoms with E-state index in [-0.39, 0.29) is 5.75 Å². The van der Waals surface area contributed by atoms with E-state index >= 15 is 0 Å². The van der Waals surface area contributed by atoms with Crippen LogP contribution in [0.5, 0.6) is 5.75 Å². The van der Waals surface area contributed by atoms with Gasteiger partial charge in [-0.1, -0.05) is 24.3 Å². The monoisotopic (exact) mass is 426 g/mol. The molecule has 1 aliphatic carbocycles. The fraction of sp³-hybridized carbons (Fsp3) is 0.364. The number of piperidine rings is 1. The molecule has 3 N–H and O–H groups in total. The second-order valence-electron chi connectivity index (χ2n) is 8.25. The average Bonchev–Trinajstić information content (AvgIpc) is 2.97. The highest BCUT2D eigenvalue weighted by Crippen LogP contribution is 2.51. The third-order valence-corrected chi connectivity index (χ3v) is 7.33. The molecule has 2 aliphatic rings. The number of nitrogens with one attached hydrogen (secondary N) is 1. The fourth-order valence-electron chi connectivity index (χ4n) is 5.33. The van der Waals surface area contributed by atoms with Crippen LogP contribution in [0.1, 0.15) is 23.2 Å². The van der Waals surface area contributed by atoms with Crippen molar-refractivity contribution in [1.29, 1.82) is 0 Å². The van der Waals surface area contributed by atoms with E-state index in [1.807, 2.05) is 18.2 Å². The van der Waals surface area contributed by atoms with Crippen LogP contribution < -0.4 is 0 Å². The Bertz CT molecular complexity index is 1050. The van der Waals surface area contributed by atoms with Crippen LogP contribution in [-0.2, 0) is 18.3 Å².